The second-order valence-corrected chi connectivity index (χ2v) is 14.0. The van der Waals surface area contributed by atoms with E-state index in [4.69, 9.17) is 4.99 Å². The van der Waals surface area contributed by atoms with Crippen LogP contribution in [0.4, 0.5) is 17.1 Å². The van der Waals surface area contributed by atoms with Gasteiger partial charge in [0.15, 0.2) is 5.71 Å². The van der Waals surface area contributed by atoms with Crippen molar-refractivity contribution in [1.29, 1.82) is 0 Å². The minimum Gasteiger partial charge on any atom is -0.370 e. The summed E-state index contributed by atoms with van der Waals surface area (Å²) in [4.78, 5) is 35.4. The molecule has 1 aromatic heterocycles. The Hall–Kier alpha value is -4.28. The Balaban J connectivity index is 1.52. The number of carbonyl (C=O) groups excluding carboxylic acids is 2. The molecule has 0 bridgehead atoms. The summed E-state index contributed by atoms with van der Waals surface area (Å²) >= 11 is 0. The van der Waals surface area contributed by atoms with Crippen LogP contribution in [0, 0.1) is 6.92 Å². The number of aryl methyl sites for hydroxylation is 3. The predicted molar refractivity (Wildman–Crippen MR) is 192 cm³/mol. The molecule has 0 saturated heterocycles. The van der Waals surface area contributed by atoms with Crippen molar-refractivity contribution in [3.63, 3.8) is 0 Å². The molecular formula is C37H45N5O4S. The van der Waals surface area contributed by atoms with E-state index in [2.05, 4.69) is 26.4 Å². The van der Waals surface area contributed by atoms with E-state index in [1.54, 1.807) is 0 Å². The molecule has 2 N–H and O–H groups in total. The van der Waals surface area contributed by atoms with Gasteiger partial charge in [-0.25, -0.2) is 18.1 Å². The minimum atomic E-state index is -3.29. The first kappa shape index (κ1) is 34.1. The number of sulfonamides is 1. The van der Waals surface area contributed by atoms with Gasteiger partial charge >= 0.3 is 0 Å². The van der Waals surface area contributed by atoms with Crippen molar-refractivity contribution in [2.75, 3.05) is 36.1 Å². The summed E-state index contributed by atoms with van der Waals surface area (Å²) in [5, 5.41) is 3.79. The monoisotopic (exact) mass is 655 g/mol. The number of amides is 1. The normalized spacial score (nSPS) is 13.4. The molecule has 1 aliphatic rings. The zero-order chi connectivity index (χ0) is 33.6. The highest BCUT2D eigenvalue weighted by Crippen LogP contribution is 2.32. The lowest BCUT2D eigenvalue weighted by molar-refractivity contribution is -0.110. The van der Waals surface area contributed by atoms with Gasteiger partial charge in [-0.2, -0.15) is 0 Å². The summed E-state index contributed by atoms with van der Waals surface area (Å²) in [7, 11) is -3.29. The first-order chi connectivity index (χ1) is 22.6. The van der Waals surface area contributed by atoms with Gasteiger partial charge in [-0.1, -0.05) is 43.7 Å². The third-order valence-electron chi connectivity index (χ3n) is 8.72. The number of ketones is 1. The zero-order valence-corrected chi connectivity index (χ0v) is 28.6. The van der Waals surface area contributed by atoms with Crippen LogP contribution in [0.2, 0.25) is 0 Å². The lowest BCUT2D eigenvalue weighted by atomic mass is 9.98. The summed E-state index contributed by atoms with van der Waals surface area (Å²) in [6.45, 7) is 8.33. The molecule has 1 amide bonds. The SMILES string of the molecule is CCCCc1ccc(NC(=O)C(=Nc2ccc(N(CC)CCNS(C)(=O)=O)cc2C)C(=O)c2c3n(c4ccccc24)CCCC3)cc1. The minimum absolute atomic E-state index is 0.162. The van der Waals surface area contributed by atoms with Crippen LogP contribution in [0.3, 0.4) is 0 Å². The maximum Gasteiger partial charge on any atom is 0.278 e. The first-order valence-corrected chi connectivity index (χ1v) is 18.4. The van der Waals surface area contributed by atoms with Gasteiger partial charge in [-0.15, -0.1) is 0 Å². The number of aromatic nitrogens is 1. The Kier molecular flexibility index (Phi) is 10.9. The van der Waals surface area contributed by atoms with E-state index >= 15 is 0 Å². The van der Waals surface area contributed by atoms with Crippen LogP contribution in [0.25, 0.3) is 10.9 Å². The second kappa shape index (κ2) is 15.1. The first-order valence-electron chi connectivity index (χ1n) is 16.5. The van der Waals surface area contributed by atoms with Gasteiger partial charge in [-0.3, -0.25) is 9.59 Å². The molecular weight excluding hydrogens is 611 g/mol. The number of fused-ring (bicyclic) bond motifs is 3. The molecule has 0 fully saturated rings. The van der Waals surface area contributed by atoms with Gasteiger partial charge in [0, 0.05) is 54.2 Å². The topological polar surface area (TPSA) is 113 Å². The van der Waals surface area contributed by atoms with E-state index in [1.807, 2.05) is 80.6 Å². The molecule has 0 spiro atoms. The third-order valence-corrected chi connectivity index (χ3v) is 9.45. The molecule has 4 aromatic rings. The molecule has 0 saturated carbocycles. The van der Waals surface area contributed by atoms with Gasteiger partial charge in [0.2, 0.25) is 15.8 Å². The van der Waals surface area contributed by atoms with Crippen molar-refractivity contribution in [2.24, 2.45) is 4.99 Å². The third kappa shape index (κ3) is 8.18. The Labute approximate surface area is 278 Å². The van der Waals surface area contributed by atoms with Crippen LogP contribution < -0.4 is 14.9 Å². The molecule has 248 valence electrons. The van der Waals surface area contributed by atoms with Crippen molar-refractivity contribution < 1.29 is 18.0 Å². The number of rotatable bonds is 14. The highest BCUT2D eigenvalue weighted by atomic mass is 32.2. The van der Waals surface area contributed by atoms with E-state index in [-0.39, 0.29) is 18.0 Å². The van der Waals surface area contributed by atoms with Gasteiger partial charge in [-0.05, 0) is 93.5 Å². The number of Topliss-reactive ketones (excluding diaryl/α,β-unsaturated/α-hetero) is 1. The summed E-state index contributed by atoms with van der Waals surface area (Å²) in [6.07, 6.45) is 7.10. The molecule has 2 heterocycles. The Morgan fingerprint density at radius 1 is 1.00 bits per heavy atom. The number of aliphatic imine (C=N–C) groups is 1. The average Bonchev–Trinajstić information content (AvgIpc) is 3.39. The fourth-order valence-electron chi connectivity index (χ4n) is 6.25. The smallest absolute Gasteiger partial charge is 0.278 e. The Morgan fingerprint density at radius 3 is 2.47 bits per heavy atom. The van der Waals surface area contributed by atoms with E-state index in [1.165, 1.54) is 5.56 Å². The number of carbonyl (C=O) groups is 2. The van der Waals surface area contributed by atoms with Crippen LogP contribution >= 0.6 is 0 Å². The summed E-state index contributed by atoms with van der Waals surface area (Å²) in [5.41, 5.74) is 6.35. The number of hydrogen-bond donors (Lipinski definition) is 2. The molecule has 9 nitrogen and oxygen atoms in total. The van der Waals surface area contributed by atoms with Crippen LogP contribution in [-0.2, 0) is 34.2 Å². The lowest BCUT2D eigenvalue weighted by Gasteiger charge is -2.24. The summed E-state index contributed by atoms with van der Waals surface area (Å²) in [6, 6.07) is 21.3. The molecule has 0 atom stereocenters. The van der Waals surface area contributed by atoms with Crippen molar-refractivity contribution in [1.82, 2.24) is 9.29 Å². The largest absolute Gasteiger partial charge is 0.370 e. The molecule has 0 unspecified atom stereocenters. The van der Waals surface area contributed by atoms with E-state index in [0.29, 0.717) is 30.0 Å². The van der Waals surface area contributed by atoms with Crippen molar-refractivity contribution >= 4 is 55.4 Å². The number of hydrogen-bond acceptors (Lipinski definition) is 6. The number of nitrogens with zero attached hydrogens (tertiary/aromatic N) is 3. The molecule has 3 aromatic carbocycles. The van der Waals surface area contributed by atoms with Crippen LogP contribution in [0.1, 0.15) is 66.7 Å². The fraction of sp³-hybridized carbons (Fsp3) is 0.378. The van der Waals surface area contributed by atoms with E-state index < -0.39 is 15.9 Å². The number of benzene rings is 3. The average molecular weight is 656 g/mol. The fourth-order valence-corrected chi connectivity index (χ4v) is 6.72. The zero-order valence-electron chi connectivity index (χ0n) is 27.8. The number of anilines is 2. The Morgan fingerprint density at radius 2 is 1.77 bits per heavy atom. The maximum absolute atomic E-state index is 14.6. The number of nitrogens with one attached hydrogen (secondary N) is 2. The standard InChI is InChI=1S/C37H45N5O4S/c1-5-7-12-27-16-18-28(19-17-27)39-37(44)35(36(43)34-30-13-8-9-14-32(30)42-23-11-10-15-33(34)42)40-31-21-20-29(25-26(31)3)41(6-2)24-22-38-47(4,45)46/h8-9,13-14,16-21,25,38H,5-7,10-12,15,22-24H2,1-4H3,(H,39,44). The van der Waals surface area contributed by atoms with E-state index in [0.717, 1.165) is 79.2 Å². The number of unbranched alkanes of at least 4 members (excludes halogenated alkanes) is 1. The molecule has 0 radical (unpaired) electrons. The molecule has 1 aliphatic heterocycles. The van der Waals surface area contributed by atoms with Gasteiger partial charge < -0.3 is 14.8 Å². The summed E-state index contributed by atoms with van der Waals surface area (Å²) < 4.78 is 27.9. The molecule has 0 aliphatic carbocycles. The molecule has 10 heteroatoms. The Bertz CT molecular complexity index is 1890. The van der Waals surface area contributed by atoms with Crippen molar-refractivity contribution in [2.45, 2.75) is 65.8 Å². The van der Waals surface area contributed by atoms with Gasteiger partial charge in [0.05, 0.1) is 17.5 Å². The van der Waals surface area contributed by atoms with E-state index in [9.17, 15) is 18.0 Å². The van der Waals surface area contributed by atoms with Crippen LogP contribution in [0.5, 0.6) is 0 Å². The quantitative estimate of drug-likeness (QED) is 0.0904. The predicted octanol–water partition coefficient (Wildman–Crippen LogP) is 6.60. The van der Waals surface area contributed by atoms with Gasteiger partial charge in [0.1, 0.15) is 0 Å². The lowest BCUT2D eigenvalue weighted by Crippen LogP contribution is -2.34. The van der Waals surface area contributed by atoms with Crippen LogP contribution in [0.15, 0.2) is 71.7 Å². The second-order valence-electron chi connectivity index (χ2n) is 12.2. The number of likely N-dealkylation sites (N-methyl/N-ethyl adjacent to an activating group) is 1. The van der Waals surface area contributed by atoms with Crippen molar-refractivity contribution in [3.8, 4) is 0 Å². The maximum atomic E-state index is 14.6. The molecule has 47 heavy (non-hydrogen) atoms. The highest BCUT2D eigenvalue weighted by molar-refractivity contribution is 7.88. The van der Waals surface area contributed by atoms with Crippen molar-refractivity contribution in [3.05, 3.63) is 89.1 Å². The van der Waals surface area contributed by atoms with Gasteiger partial charge in [0.25, 0.3) is 5.91 Å². The van der Waals surface area contributed by atoms with Crippen LogP contribution in [-0.4, -0.2) is 56.3 Å². The molecule has 5 rings (SSSR count). The number of para-hydroxylation sites is 1. The summed E-state index contributed by atoms with van der Waals surface area (Å²) in [5.74, 6) is -0.943. The highest BCUT2D eigenvalue weighted by Gasteiger charge is 2.30.